The molecule has 2 aromatic heterocycles. The summed E-state index contributed by atoms with van der Waals surface area (Å²) in [6.45, 7) is 3.97. The van der Waals surface area contributed by atoms with Crippen LogP contribution in [0.2, 0.25) is 10.3 Å². The molecule has 0 saturated carbocycles. The predicted octanol–water partition coefficient (Wildman–Crippen LogP) is 6.62. The second-order valence-corrected chi connectivity index (χ2v) is 11.1. The highest BCUT2D eigenvalue weighted by molar-refractivity contribution is 6.34. The quantitative estimate of drug-likeness (QED) is 0.201. The molecule has 0 aliphatic rings. The number of ketones is 2. The van der Waals surface area contributed by atoms with E-state index in [-0.39, 0.29) is 33.0 Å². The van der Waals surface area contributed by atoms with Crippen molar-refractivity contribution >= 4 is 56.3 Å². The van der Waals surface area contributed by atoms with Gasteiger partial charge in [0, 0.05) is 34.7 Å². The van der Waals surface area contributed by atoms with Crippen LogP contribution in [0.3, 0.4) is 0 Å². The zero-order valence-electron chi connectivity index (χ0n) is 23.8. The minimum atomic E-state index is -0.357. The number of aromatic nitrogens is 4. The average Bonchev–Trinajstić information content (AvgIpc) is 3.01. The van der Waals surface area contributed by atoms with E-state index in [0.717, 1.165) is 22.3 Å². The Bertz CT molecular complexity index is 2170. The lowest BCUT2D eigenvalue weighted by Crippen LogP contribution is -2.10. The molecule has 220 valence electrons. The number of fused-ring (bicyclic) bond motifs is 2. The molecule has 0 radical (unpaired) electrons. The molecule has 0 bridgehead atoms. The van der Waals surface area contributed by atoms with Crippen LogP contribution >= 0.6 is 23.2 Å². The van der Waals surface area contributed by atoms with Gasteiger partial charge in [-0.15, -0.1) is 0 Å². The largest absolute Gasteiger partial charge is 0.294 e. The van der Waals surface area contributed by atoms with E-state index in [1.807, 2.05) is 62.4 Å². The zero-order chi connectivity index (χ0) is 31.4. The van der Waals surface area contributed by atoms with Gasteiger partial charge in [-0.1, -0.05) is 101 Å². The average molecular weight is 626 g/mol. The summed E-state index contributed by atoms with van der Waals surface area (Å²) in [5.41, 5.74) is 4.46. The number of carbonyl (C=O) groups excluding carboxylic acids is 2. The van der Waals surface area contributed by atoms with Crippen LogP contribution in [0.5, 0.6) is 0 Å². The fourth-order valence-electron chi connectivity index (χ4n) is 4.83. The van der Waals surface area contributed by atoms with E-state index in [1.165, 1.54) is 0 Å². The van der Waals surface area contributed by atoms with Crippen LogP contribution in [0.4, 0.5) is 0 Å². The lowest BCUT2D eigenvalue weighted by molar-refractivity contribution is 0.0985. The molecular formula is C34H26Cl2N4O4. The van der Waals surface area contributed by atoms with Crippen LogP contribution in [0.15, 0.2) is 94.5 Å². The molecule has 0 aliphatic heterocycles. The van der Waals surface area contributed by atoms with E-state index in [4.69, 9.17) is 23.2 Å². The second-order valence-electron chi connectivity index (χ2n) is 10.4. The Labute approximate surface area is 261 Å². The minimum absolute atomic E-state index is 0.0242. The summed E-state index contributed by atoms with van der Waals surface area (Å²) in [5.74, 6) is -0.0660. The van der Waals surface area contributed by atoms with Crippen molar-refractivity contribution in [3.05, 3.63) is 149 Å². The molecule has 2 N–H and O–H groups in total. The molecule has 44 heavy (non-hydrogen) atoms. The first kappa shape index (κ1) is 30.5. The summed E-state index contributed by atoms with van der Waals surface area (Å²) >= 11 is 11.9. The van der Waals surface area contributed by atoms with Gasteiger partial charge in [-0.2, -0.15) is 10.2 Å². The Morgan fingerprint density at radius 3 is 1.57 bits per heavy atom. The van der Waals surface area contributed by atoms with Gasteiger partial charge in [-0.25, -0.2) is 10.2 Å². The number of aromatic amines is 2. The predicted molar refractivity (Wildman–Crippen MR) is 173 cm³/mol. The van der Waals surface area contributed by atoms with E-state index < -0.39 is 0 Å². The van der Waals surface area contributed by atoms with Crippen molar-refractivity contribution in [2.45, 2.75) is 26.7 Å². The Kier molecular flexibility index (Phi) is 9.13. The summed E-state index contributed by atoms with van der Waals surface area (Å²) in [6, 6.07) is 25.4. The lowest BCUT2D eigenvalue weighted by Gasteiger charge is -2.05. The van der Waals surface area contributed by atoms with Gasteiger partial charge in [0.1, 0.15) is 0 Å². The van der Waals surface area contributed by atoms with Crippen molar-refractivity contribution in [3.63, 3.8) is 0 Å². The molecule has 0 aliphatic carbocycles. The van der Waals surface area contributed by atoms with Crippen molar-refractivity contribution in [2.75, 3.05) is 0 Å². The van der Waals surface area contributed by atoms with Crippen LogP contribution in [0.1, 0.15) is 43.0 Å². The summed E-state index contributed by atoms with van der Waals surface area (Å²) in [5, 5.41) is 14.3. The first-order chi connectivity index (χ1) is 21.1. The van der Waals surface area contributed by atoms with Crippen LogP contribution in [0, 0.1) is 13.8 Å². The summed E-state index contributed by atoms with van der Waals surface area (Å²) in [6.07, 6.45) is 0.603. The molecule has 6 aromatic rings. The number of Topliss-reactive ketones (excluding diaryl/α,β-unsaturated/α-hetero) is 2. The number of nitrogens with one attached hydrogen (secondary N) is 2. The van der Waals surface area contributed by atoms with E-state index in [9.17, 15) is 19.2 Å². The molecule has 0 spiro atoms. The number of hydrogen-bond donors (Lipinski definition) is 2. The molecule has 0 unspecified atom stereocenters. The number of halogens is 2. The molecule has 6 rings (SSSR count). The number of hydrogen-bond acceptors (Lipinski definition) is 6. The third kappa shape index (κ3) is 6.99. The normalized spacial score (nSPS) is 10.8. The molecule has 0 amide bonds. The number of carbonyl (C=O) groups is 2. The first-order valence-electron chi connectivity index (χ1n) is 13.6. The van der Waals surface area contributed by atoms with Crippen LogP contribution < -0.4 is 11.1 Å². The molecule has 0 fully saturated rings. The van der Waals surface area contributed by atoms with Gasteiger partial charge in [-0.05, 0) is 43.2 Å². The third-order valence-electron chi connectivity index (χ3n) is 7.02. The molecule has 4 aromatic carbocycles. The van der Waals surface area contributed by atoms with Crippen molar-refractivity contribution in [3.8, 4) is 0 Å². The van der Waals surface area contributed by atoms with Crippen LogP contribution in [0.25, 0.3) is 21.5 Å². The summed E-state index contributed by atoms with van der Waals surface area (Å²) < 4.78 is 0. The van der Waals surface area contributed by atoms with E-state index in [1.54, 1.807) is 36.4 Å². The summed E-state index contributed by atoms with van der Waals surface area (Å²) in [4.78, 5) is 48.3. The number of nitrogens with zero attached hydrogens (tertiary/aromatic N) is 2. The van der Waals surface area contributed by atoms with Gasteiger partial charge >= 0.3 is 0 Å². The highest BCUT2D eigenvalue weighted by atomic mass is 35.5. The number of rotatable bonds is 6. The standard InChI is InChI=1S/2C17H13ClN2O2/c1-10-3-2-4-11(7-10)8-15(21)12-5-6-13-14(9-12)16(18)19-20-17(13)22;1-10-3-2-4-11(7-10)8-15(21)12-5-6-13-14(9-12)17(22)20-19-16(13)18/h2*2-7,9H,8H2,1H3,(H,20,22). The smallest absolute Gasteiger partial charge is 0.272 e. The molecule has 10 heteroatoms. The molecule has 8 nitrogen and oxygen atoms in total. The third-order valence-corrected chi connectivity index (χ3v) is 7.60. The van der Waals surface area contributed by atoms with Gasteiger partial charge in [0.15, 0.2) is 21.9 Å². The van der Waals surface area contributed by atoms with Crippen LogP contribution in [-0.4, -0.2) is 32.0 Å². The van der Waals surface area contributed by atoms with Crippen molar-refractivity contribution < 1.29 is 9.59 Å². The maximum atomic E-state index is 12.4. The van der Waals surface area contributed by atoms with Gasteiger partial charge in [0.25, 0.3) is 11.1 Å². The number of H-pyrrole nitrogens is 2. The Balaban J connectivity index is 0.000000175. The number of benzene rings is 4. The Morgan fingerprint density at radius 1 is 0.591 bits per heavy atom. The van der Waals surface area contributed by atoms with E-state index >= 15 is 0 Å². The number of aryl methyl sites for hydroxylation is 2. The van der Waals surface area contributed by atoms with E-state index in [0.29, 0.717) is 45.5 Å². The molecule has 0 saturated heterocycles. The highest BCUT2D eigenvalue weighted by Gasteiger charge is 2.13. The molecular weight excluding hydrogens is 599 g/mol. The lowest BCUT2D eigenvalue weighted by atomic mass is 10.00. The second kappa shape index (κ2) is 13.2. The van der Waals surface area contributed by atoms with Crippen molar-refractivity contribution in [1.82, 2.24) is 20.4 Å². The highest BCUT2D eigenvalue weighted by Crippen LogP contribution is 2.21. The fraction of sp³-hybridized carbons (Fsp3) is 0.118. The van der Waals surface area contributed by atoms with Crippen molar-refractivity contribution in [2.24, 2.45) is 0 Å². The minimum Gasteiger partial charge on any atom is -0.294 e. The van der Waals surface area contributed by atoms with Crippen LogP contribution in [-0.2, 0) is 12.8 Å². The van der Waals surface area contributed by atoms with Gasteiger partial charge < -0.3 is 0 Å². The SMILES string of the molecule is Cc1cccc(CC(=O)c2ccc3c(=O)[nH]nc(Cl)c3c2)c1.Cc1cccc(CC(=O)c2ccc3c(Cl)n[nH]c(=O)c3c2)c1. The zero-order valence-corrected chi connectivity index (χ0v) is 25.3. The van der Waals surface area contributed by atoms with E-state index in [2.05, 4.69) is 20.4 Å². The fourth-order valence-corrected chi connectivity index (χ4v) is 5.24. The monoisotopic (exact) mass is 624 g/mol. The van der Waals surface area contributed by atoms with Gasteiger partial charge in [-0.3, -0.25) is 19.2 Å². The Hall–Kier alpha value is -4.92. The summed E-state index contributed by atoms with van der Waals surface area (Å²) in [7, 11) is 0. The van der Waals surface area contributed by atoms with Crippen molar-refractivity contribution in [1.29, 1.82) is 0 Å². The Morgan fingerprint density at radius 2 is 1.05 bits per heavy atom. The maximum Gasteiger partial charge on any atom is 0.272 e. The first-order valence-corrected chi connectivity index (χ1v) is 14.4. The topological polar surface area (TPSA) is 126 Å². The van der Waals surface area contributed by atoms with Gasteiger partial charge in [0.2, 0.25) is 0 Å². The maximum absolute atomic E-state index is 12.4. The van der Waals surface area contributed by atoms with Gasteiger partial charge in [0.05, 0.1) is 10.8 Å². The molecule has 0 atom stereocenters. The molecule has 2 heterocycles.